The molecule has 7 heteroatoms. The molecule has 112 valence electrons. The number of benzene rings is 1. The smallest absolute Gasteiger partial charge is 0.416 e. The molecule has 1 aromatic heterocycles. The van der Waals surface area contributed by atoms with Crippen LogP contribution < -0.4 is 0 Å². The molecule has 0 spiro atoms. The van der Waals surface area contributed by atoms with E-state index < -0.39 is 17.7 Å². The Labute approximate surface area is 119 Å². The van der Waals surface area contributed by atoms with Gasteiger partial charge in [0.25, 0.3) is 0 Å². The zero-order valence-electron chi connectivity index (χ0n) is 11.2. The number of alkyl halides is 3. The van der Waals surface area contributed by atoms with Crippen LogP contribution in [0.4, 0.5) is 13.2 Å². The first kappa shape index (κ1) is 15.1. The lowest BCUT2D eigenvalue weighted by Crippen LogP contribution is -2.05. The molecular formula is C14H13F3N2O2. The van der Waals surface area contributed by atoms with Gasteiger partial charge in [-0.1, -0.05) is 12.1 Å². The summed E-state index contributed by atoms with van der Waals surface area (Å²) in [5.41, 5.74) is 0.344. The van der Waals surface area contributed by atoms with Gasteiger partial charge in [0.2, 0.25) is 0 Å². The molecule has 0 amide bonds. The number of esters is 1. The Bertz CT molecular complexity index is 618. The number of methoxy groups -OCH3 is 1. The number of halogens is 3. The molecule has 4 nitrogen and oxygen atoms in total. The van der Waals surface area contributed by atoms with Crippen molar-refractivity contribution in [3.05, 3.63) is 53.1 Å². The minimum Gasteiger partial charge on any atom is -0.464 e. The van der Waals surface area contributed by atoms with Crippen LogP contribution in [0.25, 0.3) is 0 Å². The Morgan fingerprint density at radius 2 is 1.90 bits per heavy atom. The fourth-order valence-corrected chi connectivity index (χ4v) is 1.83. The summed E-state index contributed by atoms with van der Waals surface area (Å²) in [4.78, 5) is 18.1. The number of imidazole rings is 1. The van der Waals surface area contributed by atoms with Gasteiger partial charge in [-0.15, -0.1) is 0 Å². The lowest BCUT2D eigenvalue weighted by molar-refractivity contribution is -0.137. The van der Waals surface area contributed by atoms with Gasteiger partial charge in [0, 0.05) is 6.42 Å². The number of carbonyl (C=O) groups is 1. The highest BCUT2D eigenvalue weighted by molar-refractivity contribution is 5.86. The summed E-state index contributed by atoms with van der Waals surface area (Å²) in [5, 5.41) is 0. The van der Waals surface area contributed by atoms with E-state index in [-0.39, 0.29) is 5.69 Å². The third kappa shape index (κ3) is 3.84. The van der Waals surface area contributed by atoms with Gasteiger partial charge in [-0.2, -0.15) is 13.2 Å². The van der Waals surface area contributed by atoms with Crippen molar-refractivity contribution in [2.24, 2.45) is 0 Å². The van der Waals surface area contributed by atoms with E-state index >= 15 is 0 Å². The summed E-state index contributed by atoms with van der Waals surface area (Å²) >= 11 is 0. The Hall–Kier alpha value is -2.31. The average molecular weight is 298 g/mol. The van der Waals surface area contributed by atoms with Crippen LogP contribution >= 0.6 is 0 Å². The van der Waals surface area contributed by atoms with E-state index in [1.165, 1.54) is 25.4 Å². The van der Waals surface area contributed by atoms with Crippen molar-refractivity contribution in [2.45, 2.75) is 19.0 Å². The van der Waals surface area contributed by atoms with Crippen LogP contribution in [0, 0.1) is 0 Å². The monoisotopic (exact) mass is 298 g/mol. The molecule has 1 heterocycles. The zero-order chi connectivity index (χ0) is 15.5. The van der Waals surface area contributed by atoms with E-state index in [2.05, 4.69) is 14.7 Å². The number of aryl methyl sites for hydroxylation is 2. The number of carbonyl (C=O) groups excluding carboxylic acids is 1. The van der Waals surface area contributed by atoms with Crippen LogP contribution in [-0.2, 0) is 23.8 Å². The predicted octanol–water partition coefficient (Wildman–Crippen LogP) is 3.00. The highest BCUT2D eigenvalue weighted by atomic mass is 19.4. The topological polar surface area (TPSA) is 55.0 Å². The lowest BCUT2D eigenvalue weighted by Gasteiger charge is -2.07. The van der Waals surface area contributed by atoms with Gasteiger partial charge in [-0.25, -0.2) is 9.78 Å². The SMILES string of the molecule is COC(=O)c1cnc(CCc2ccc(C(F)(F)F)cc2)[nH]1. The molecule has 2 rings (SSSR count). The first-order chi connectivity index (χ1) is 9.90. The second kappa shape index (κ2) is 5.99. The van der Waals surface area contributed by atoms with Crippen molar-refractivity contribution in [1.29, 1.82) is 0 Å². The van der Waals surface area contributed by atoms with Crippen molar-refractivity contribution in [1.82, 2.24) is 9.97 Å². The van der Waals surface area contributed by atoms with Crippen molar-refractivity contribution in [2.75, 3.05) is 7.11 Å². The highest BCUT2D eigenvalue weighted by Crippen LogP contribution is 2.29. The molecule has 1 N–H and O–H groups in total. The van der Waals surface area contributed by atoms with Crippen molar-refractivity contribution >= 4 is 5.97 Å². The predicted molar refractivity (Wildman–Crippen MR) is 68.8 cm³/mol. The molecule has 0 saturated heterocycles. The van der Waals surface area contributed by atoms with Crippen LogP contribution in [-0.4, -0.2) is 23.0 Å². The Morgan fingerprint density at radius 3 is 2.48 bits per heavy atom. The van der Waals surface area contributed by atoms with Gasteiger partial charge >= 0.3 is 12.1 Å². The molecule has 1 aromatic carbocycles. The van der Waals surface area contributed by atoms with E-state index in [1.807, 2.05) is 0 Å². The number of nitrogens with zero attached hydrogens (tertiary/aromatic N) is 1. The largest absolute Gasteiger partial charge is 0.464 e. The average Bonchev–Trinajstić information content (AvgIpc) is 2.92. The fraction of sp³-hybridized carbons (Fsp3) is 0.286. The van der Waals surface area contributed by atoms with Gasteiger partial charge < -0.3 is 9.72 Å². The quantitative estimate of drug-likeness (QED) is 0.883. The molecule has 0 saturated carbocycles. The first-order valence-corrected chi connectivity index (χ1v) is 6.18. The molecule has 0 aliphatic heterocycles. The minimum atomic E-state index is -4.32. The number of aromatic nitrogens is 2. The van der Waals surface area contributed by atoms with Crippen LogP contribution in [0.1, 0.15) is 27.4 Å². The third-order valence-electron chi connectivity index (χ3n) is 2.97. The number of hydrogen-bond acceptors (Lipinski definition) is 3. The van der Waals surface area contributed by atoms with Crippen molar-refractivity contribution < 1.29 is 22.7 Å². The number of hydrogen-bond donors (Lipinski definition) is 1. The molecule has 0 unspecified atom stereocenters. The number of rotatable bonds is 4. The van der Waals surface area contributed by atoms with Gasteiger partial charge in [0.15, 0.2) is 0 Å². The number of H-pyrrole nitrogens is 1. The summed E-state index contributed by atoms with van der Waals surface area (Å²) in [6.45, 7) is 0. The van der Waals surface area contributed by atoms with Gasteiger partial charge in [-0.05, 0) is 24.1 Å². The molecule has 0 aliphatic rings. The number of aromatic amines is 1. The molecule has 2 aromatic rings. The number of nitrogens with one attached hydrogen (secondary N) is 1. The maximum absolute atomic E-state index is 12.4. The Balaban J connectivity index is 1.97. The van der Waals surface area contributed by atoms with Gasteiger partial charge in [0.1, 0.15) is 11.5 Å². The van der Waals surface area contributed by atoms with E-state index in [9.17, 15) is 18.0 Å². The summed E-state index contributed by atoms with van der Waals surface area (Å²) < 4.78 is 41.8. The lowest BCUT2D eigenvalue weighted by atomic mass is 10.1. The summed E-state index contributed by atoms with van der Waals surface area (Å²) in [6, 6.07) is 4.98. The molecule has 21 heavy (non-hydrogen) atoms. The highest BCUT2D eigenvalue weighted by Gasteiger charge is 2.29. The van der Waals surface area contributed by atoms with E-state index in [4.69, 9.17) is 0 Å². The van der Waals surface area contributed by atoms with E-state index in [1.54, 1.807) is 0 Å². The summed E-state index contributed by atoms with van der Waals surface area (Å²) in [6.07, 6.45) is -1.95. The summed E-state index contributed by atoms with van der Waals surface area (Å²) in [7, 11) is 1.27. The molecule has 0 atom stereocenters. The van der Waals surface area contributed by atoms with Crippen LogP contribution in [0.5, 0.6) is 0 Å². The van der Waals surface area contributed by atoms with Gasteiger partial charge in [-0.3, -0.25) is 0 Å². The maximum atomic E-state index is 12.4. The van der Waals surface area contributed by atoms with Crippen molar-refractivity contribution in [3.63, 3.8) is 0 Å². The number of ether oxygens (including phenoxy) is 1. The van der Waals surface area contributed by atoms with Gasteiger partial charge in [0.05, 0.1) is 18.9 Å². The fourth-order valence-electron chi connectivity index (χ4n) is 1.83. The second-order valence-electron chi connectivity index (χ2n) is 4.43. The Kier molecular flexibility index (Phi) is 4.30. The molecule has 0 bridgehead atoms. The van der Waals surface area contributed by atoms with Crippen LogP contribution in [0.2, 0.25) is 0 Å². The standard InChI is InChI=1S/C14H13F3N2O2/c1-21-13(20)11-8-18-12(19-11)7-4-9-2-5-10(6-3-9)14(15,16)17/h2-3,5-6,8H,4,7H2,1H3,(H,18,19). The zero-order valence-corrected chi connectivity index (χ0v) is 11.2. The maximum Gasteiger partial charge on any atom is 0.416 e. The summed E-state index contributed by atoms with van der Waals surface area (Å²) in [5.74, 6) is 0.0681. The minimum absolute atomic E-state index is 0.250. The van der Waals surface area contributed by atoms with E-state index in [0.717, 1.165) is 17.7 Å². The molecular weight excluding hydrogens is 285 g/mol. The van der Waals surface area contributed by atoms with Crippen LogP contribution in [0.15, 0.2) is 30.5 Å². The third-order valence-corrected chi connectivity index (χ3v) is 2.97. The van der Waals surface area contributed by atoms with Crippen molar-refractivity contribution in [3.8, 4) is 0 Å². The van der Waals surface area contributed by atoms with E-state index in [0.29, 0.717) is 18.7 Å². The normalized spacial score (nSPS) is 11.4. The van der Waals surface area contributed by atoms with Crippen LogP contribution in [0.3, 0.4) is 0 Å². The molecule has 0 fully saturated rings. The molecule has 0 aliphatic carbocycles. The molecule has 0 radical (unpaired) electrons. The second-order valence-corrected chi connectivity index (χ2v) is 4.43. The first-order valence-electron chi connectivity index (χ1n) is 6.18. The Morgan fingerprint density at radius 1 is 1.24 bits per heavy atom.